The van der Waals surface area contributed by atoms with Crippen molar-refractivity contribution in [2.45, 2.75) is 33.1 Å². The van der Waals surface area contributed by atoms with Crippen molar-refractivity contribution in [1.82, 2.24) is 4.72 Å². The van der Waals surface area contributed by atoms with Gasteiger partial charge in [0, 0.05) is 6.54 Å². The molecule has 96 valence electrons. The summed E-state index contributed by atoms with van der Waals surface area (Å²) in [5.41, 5.74) is 2.38. The molecule has 0 spiro atoms. The van der Waals surface area contributed by atoms with Crippen LogP contribution in [0.3, 0.4) is 0 Å². The van der Waals surface area contributed by atoms with E-state index < -0.39 is 10.0 Å². The minimum atomic E-state index is -3.07. The first-order valence-electron chi connectivity index (χ1n) is 6.06. The molecule has 0 fully saturated rings. The molecule has 0 heterocycles. The highest BCUT2D eigenvalue weighted by atomic mass is 32.2. The maximum Gasteiger partial charge on any atom is 0.211 e. The van der Waals surface area contributed by atoms with Crippen LogP contribution in [0.4, 0.5) is 0 Å². The number of aryl methyl sites for hydroxylation is 1. The third-order valence-corrected chi connectivity index (χ3v) is 4.09. The lowest BCUT2D eigenvalue weighted by Crippen LogP contribution is -2.28. The molecule has 0 saturated carbocycles. The van der Waals surface area contributed by atoms with E-state index in [1.54, 1.807) is 0 Å². The average Bonchev–Trinajstić information content (AvgIpc) is 2.29. The van der Waals surface area contributed by atoms with Crippen LogP contribution in [0, 0.1) is 6.92 Å². The normalized spacial score (nSPS) is 11.6. The molecule has 0 unspecified atom stereocenters. The second-order valence-corrected chi connectivity index (χ2v) is 6.23. The van der Waals surface area contributed by atoms with Crippen molar-refractivity contribution in [3.05, 3.63) is 35.4 Å². The molecule has 1 rings (SSSR count). The van der Waals surface area contributed by atoms with Crippen LogP contribution in [0.15, 0.2) is 24.3 Å². The number of sulfonamides is 1. The maximum atomic E-state index is 11.5. The number of benzene rings is 1. The first-order chi connectivity index (χ1) is 8.03. The molecule has 1 N–H and O–H groups in total. The quantitative estimate of drug-likeness (QED) is 0.812. The molecule has 0 aromatic heterocycles. The summed E-state index contributed by atoms with van der Waals surface area (Å²) in [7, 11) is -3.07. The SMILES string of the molecule is CCCCS(=O)(=O)NCCc1ccc(C)cc1. The van der Waals surface area contributed by atoms with Crippen LogP contribution in [0.2, 0.25) is 0 Å². The van der Waals surface area contributed by atoms with Gasteiger partial charge in [-0.1, -0.05) is 43.2 Å². The van der Waals surface area contributed by atoms with Gasteiger partial charge in [0.15, 0.2) is 0 Å². The van der Waals surface area contributed by atoms with Crippen LogP contribution in [-0.4, -0.2) is 20.7 Å². The Hall–Kier alpha value is -0.870. The second-order valence-electron chi connectivity index (χ2n) is 4.30. The Morgan fingerprint density at radius 3 is 2.41 bits per heavy atom. The van der Waals surface area contributed by atoms with E-state index >= 15 is 0 Å². The van der Waals surface area contributed by atoms with Crippen molar-refractivity contribution < 1.29 is 8.42 Å². The summed E-state index contributed by atoms with van der Waals surface area (Å²) in [6.07, 6.45) is 2.37. The smallest absolute Gasteiger partial charge is 0.211 e. The molecule has 0 atom stereocenters. The van der Waals surface area contributed by atoms with E-state index in [9.17, 15) is 8.42 Å². The summed E-state index contributed by atoms with van der Waals surface area (Å²) in [4.78, 5) is 0. The molecule has 0 aliphatic carbocycles. The van der Waals surface area contributed by atoms with Gasteiger partial charge in [0.25, 0.3) is 0 Å². The highest BCUT2D eigenvalue weighted by Crippen LogP contribution is 2.03. The van der Waals surface area contributed by atoms with E-state index in [4.69, 9.17) is 0 Å². The van der Waals surface area contributed by atoms with E-state index in [-0.39, 0.29) is 5.75 Å². The highest BCUT2D eigenvalue weighted by Gasteiger charge is 2.07. The molecule has 1 aromatic rings. The molecular formula is C13H21NO2S. The van der Waals surface area contributed by atoms with Crippen molar-refractivity contribution in [2.75, 3.05) is 12.3 Å². The summed E-state index contributed by atoms with van der Waals surface area (Å²) < 4.78 is 25.7. The van der Waals surface area contributed by atoms with Gasteiger partial charge in [-0.3, -0.25) is 0 Å². The van der Waals surface area contributed by atoms with Crippen molar-refractivity contribution in [2.24, 2.45) is 0 Å². The minimum absolute atomic E-state index is 0.234. The Morgan fingerprint density at radius 1 is 1.18 bits per heavy atom. The third-order valence-electron chi connectivity index (χ3n) is 2.62. The molecule has 17 heavy (non-hydrogen) atoms. The molecule has 0 amide bonds. The first-order valence-corrected chi connectivity index (χ1v) is 7.71. The highest BCUT2D eigenvalue weighted by molar-refractivity contribution is 7.89. The molecule has 1 aromatic carbocycles. The molecule has 0 bridgehead atoms. The predicted octanol–water partition coefficient (Wildman–Crippen LogP) is 2.26. The minimum Gasteiger partial charge on any atom is -0.215 e. The van der Waals surface area contributed by atoms with Crippen LogP contribution in [0.1, 0.15) is 30.9 Å². The van der Waals surface area contributed by atoms with Gasteiger partial charge in [0.05, 0.1) is 5.75 Å². The number of rotatable bonds is 7. The maximum absolute atomic E-state index is 11.5. The predicted molar refractivity (Wildman–Crippen MR) is 71.6 cm³/mol. The van der Waals surface area contributed by atoms with Crippen molar-refractivity contribution in [3.63, 3.8) is 0 Å². The Balaban J connectivity index is 2.34. The van der Waals surface area contributed by atoms with Gasteiger partial charge >= 0.3 is 0 Å². The number of hydrogen-bond acceptors (Lipinski definition) is 2. The Bertz CT molecular complexity index is 423. The number of unbranched alkanes of at least 4 members (excludes halogenated alkanes) is 1. The van der Waals surface area contributed by atoms with E-state index in [0.29, 0.717) is 6.54 Å². The zero-order valence-electron chi connectivity index (χ0n) is 10.6. The Morgan fingerprint density at radius 2 is 1.82 bits per heavy atom. The van der Waals surface area contributed by atoms with Gasteiger partial charge < -0.3 is 0 Å². The van der Waals surface area contributed by atoms with E-state index in [2.05, 4.69) is 4.72 Å². The Kier molecular flexibility index (Phi) is 5.65. The van der Waals surface area contributed by atoms with Gasteiger partial charge in [-0.15, -0.1) is 0 Å². The van der Waals surface area contributed by atoms with E-state index in [1.807, 2.05) is 38.1 Å². The van der Waals surface area contributed by atoms with Crippen molar-refractivity contribution >= 4 is 10.0 Å². The van der Waals surface area contributed by atoms with Crippen LogP contribution in [-0.2, 0) is 16.4 Å². The zero-order valence-corrected chi connectivity index (χ0v) is 11.4. The lowest BCUT2D eigenvalue weighted by atomic mass is 10.1. The molecule has 0 saturated heterocycles. The molecule has 0 aliphatic heterocycles. The van der Waals surface area contributed by atoms with E-state index in [0.717, 1.165) is 24.8 Å². The summed E-state index contributed by atoms with van der Waals surface area (Å²) in [5.74, 6) is 0.234. The number of hydrogen-bond donors (Lipinski definition) is 1. The summed E-state index contributed by atoms with van der Waals surface area (Å²) >= 11 is 0. The van der Waals surface area contributed by atoms with Crippen molar-refractivity contribution in [1.29, 1.82) is 0 Å². The van der Waals surface area contributed by atoms with Gasteiger partial charge in [0.2, 0.25) is 10.0 Å². The lowest BCUT2D eigenvalue weighted by Gasteiger charge is -2.06. The molecule has 3 nitrogen and oxygen atoms in total. The number of nitrogens with one attached hydrogen (secondary N) is 1. The topological polar surface area (TPSA) is 46.2 Å². The van der Waals surface area contributed by atoms with Gasteiger partial charge in [-0.25, -0.2) is 13.1 Å². The Labute approximate surface area is 104 Å². The van der Waals surface area contributed by atoms with E-state index in [1.165, 1.54) is 5.56 Å². The summed E-state index contributed by atoms with van der Waals surface area (Å²) in [6, 6.07) is 8.16. The first kappa shape index (κ1) is 14.2. The fourth-order valence-electron chi connectivity index (χ4n) is 1.51. The largest absolute Gasteiger partial charge is 0.215 e. The standard InChI is InChI=1S/C13H21NO2S/c1-3-4-11-17(15,16)14-10-9-13-7-5-12(2)6-8-13/h5-8,14H,3-4,9-11H2,1-2H3. The molecular weight excluding hydrogens is 234 g/mol. The molecule has 4 heteroatoms. The fourth-order valence-corrected chi connectivity index (χ4v) is 2.74. The fraction of sp³-hybridized carbons (Fsp3) is 0.538. The van der Waals surface area contributed by atoms with Crippen LogP contribution in [0.5, 0.6) is 0 Å². The van der Waals surface area contributed by atoms with Crippen LogP contribution >= 0.6 is 0 Å². The van der Waals surface area contributed by atoms with Crippen LogP contribution in [0.25, 0.3) is 0 Å². The van der Waals surface area contributed by atoms with Crippen molar-refractivity contribution in [3.8, 4) is 0 Å². The van der Waals surface area contributed by atoms with Gasteiger partial charge in [0.1, 0.15) is 0 Å². The van der Waals surface area contributed by atoms with Crippen LogP contribution < -0.4 is 4.72 Å². The second kappa shape index (κ2) is 6.77. The molecule has 0 aliphatic rings. The van der Waals surface area contributed by atoms with Gasteiger partial charge in [-0.2, -0.15) is 0 Å². The third kappa shape index (κ3) is 5.84. The molecule has 0 radical (unpaired) electrons. The summed E-state index contributed by atoms with van der Waals surface area (Å²) in [6.45, 7) is 4.51. The monoisotopic (exact) mass is 255 g/mol. The lowest BCUT2D eigenvalue weighted by molar-refractivity contribution is 0.578. The summed E-state index contributed by atoms with van der Waals surface area (Å²) in [5, 5.41) is 0. The average molecular weight is 255 g/mol. The zero-order chi connectivity index (χ0) is 12.7. The van der Waals surface area contributed by atoms with Gasteiger partial charge in [-0.05, 0) is 25.3 Å².